The molecule has 0 atom stereocenters. The molecule has 5 nitrogen and oxygen atoms in total. The molecule has 78 valence electrons. The molecule has 1 aromatic rings. The van der Waals surface area contributed by atoms with Gasteiger partial charge in [0.2, 0.25) is 5.78 Å². The standard InChI is InChI=1S/C10H6O3.H4N2/c11-8-5-9(12)10(13)7-4-2-1-3-6(7)8;1-2/h1-5,12H;1-2H2. The van der Waals surface area contributed by atoms with Crippen LogP contribution in [0.4, 0.5) is 0 Å². The molecule has 5 heteroatoms. The number of carbonyl (C=O) groups excluding carboxylic acids is 2. The minimum Gasteiger partial charge on any atom is -0.504 e. The van der Waals surface area contributed by atoms with Gasteiger partial charge in [0, 0.05) is 17.2 Å². The molecule has 5 N–H and O–H groups in total. The van der Waals surface area contributed by atoms with Crippen LogP contribution in [0.3, 0.4) is 0 Å². The van der Waals surface area contributed by atoms with E-state index in [1.165, 1.54) is 6.07 Å². The molecule has 2 rings (SSSR count). The number of fused-ring (bicyclic) bond motifs is 1. The van der Waals surface area contributed by atoms with E-state index in [9.17, 15) is 9.59 Å². The summed E-state index contributed by atoms with van der Waals surface area (Å²) in [5.41, 5.74) is 0.623. The molecular formula is C10H10N2O3. The summed E-state index contributed by atoms with van der Waals surface area (Å²) in [6.45, 7) is 0. The first-order chi connectivity index (χ1) is 7.20. The van der Waals surface area contributed by atoms with Gasteiger partial charge in [-0.2, -0.15) is 0 Å². The van der Waals surface area contributed by atoms with Gasteiger partial charge in [0.1, 0.15) is 0 Å². The number of aliphatic hydroxyl groups is 1. The van der Waals surface area contributed by atoms with Crippen LogP contribution >= 0.6 is 0 Å². The van der Waals surface area contributed by atoms with E-state index in [1.54, 1.807) is 18.2 Å². The molecule has 1 aliphatic carbocycles. The highest BCUT2D eigenvalue weighted by Gasteiger charge is 2.24. The van der Waals surface area contributed by atoms with Crippen LogP contribution < -0.4 is 11.7 Å². The van der Waals surface area contributed by atoms with Crippen molar-refractivity contribution in [1.82, 2.24) is 0 Å². The van der Waals surface area contributed by atoms with Crippen LogP contribution in [0.2, 0.25) is 0 Å². The van der Waals surface area contributed by atoms with E-state index in [0.717, 1.165) is 6.08 Å². The van der Waals surface area contributed by atoms with Crippen LogP contribution in [0.1, 0.15) is 20.7 Å². The van der Waals surface area contributed by atoms with E-state index < -0.39 is 11.5 Å². The Labute approximate surface area is 86.0 Å². The van der Waals surface area contributed by atoms with Gasteiger partial charge in [0.15, 0.2) is 11.5 Å². The maximum absolute atomic E-state index is 11.3. The van der Waals surface area contributed by atoms with Gasteiger partial charge in [0.25, 0.3) is 0 Å². The van der Waals surface area contributed by atoms with E-state index in [-0.39, 0.29) is 11.3 Å². The summed E-state index contributed by atoms with van der Waals surface area (Å²) in [4.78, 5) is 22.5. The predicted octanol–water partition coefficient (Wildman–Crippen LogP) is 0.326. The van der Waals surface area contributed by atoms with Gasteiger partial charge in [-0.25, -0.2) is 0 Å². The predicted molar refractivity (Wildman–Crippen MR) is 54.2 cm³/mol. The number of aliphatic hydroxyl groups excluding tert-OH is 1. The van der Waals surface area contributed by atoms with Gasteiger partial charge < -0.3 is 5.11 Å². The Kier molecular flexibility index (Phi) is 3.33. The van der Waals surface area contributed by atoms with E-state index >= 15 is 0 Å². The number of benzene rings is 1. The Morgan fingerprint density at radius 2 is 1.53 bits per heavy atom. The highest BCUT2D eigenvalue weighted by molar-refractivity contribution is 6.23. The number of rotatable bonds is 0. The lowest BCUT2D eigenvalue weighted by molar-refractivity contribution is 0.0939. The van der Waals surface area contributed by atoms with Gasteiger partial charge >= 0.3 is 0 Å². The summed E-state index contributed by atoms with van der Waals surface area (Å²) in [6.07, 6.45) is 0.949. The van der Waals surface area contributed by atoms with Crippen molar-refractivity contribution >= 4 is 11.6 Å². The van der Waals surface area contributed by atoms with Crippen LogP contribution in [0.5, 0.6) is 0 Å². The van der Waals surface area contributed by atoms with Crippen molar-refractivity contribution < 1.29 is 14.7 Å². The molecule has 0 fully saturated rings. The van der Waals surface area contributed by atoms with Crippen LogP contribution in [0.15, 0.2) is 36.1 Å². The van der Waals surface area contributed by atoms with Gasteiger partial charge in [-0.05, 0) is 0 Å². The zero-order valence-electron chi connectivity index (χ0n) is 7.81. The molecule has 0 heterocycles. The van der Waals surface area contributed by atoms with Crippen molar-refractivity contribution in [3.8, 4) is 0 Å². The zero-order valence-corrected chi connectivity index (χ0v) is 7.81. The number of nitrogens with two attached hydrogens (primary N) is 2. The molecule has 0 amide bonds. The fourth-order valence-electron chi connectivity index (χ4n) is 1.30. The second-order valence-electron chi connectivity index (χ2n) is 2.77. The number of hydrazine groups is 1. The largest absolute Gasteiger partial charge is 0.504 e. The normalized spacial score (nSPS) is 13.6. The average Bonchev–Trinajstić information content (AvgIpc) is 2.29. The SMILES string of the molecule is NN.O=C1C=C(O)C(=O)c2ccccc21. The monoisotopic (exact) mass is 206 g/mol. The van der Waals surface area contributed by atoms with Gasteiger partial charge in [-0.15, -0.1) is 0 Å². The maximum Gasteiger partial charge on any atom is 0.228 e. The van der Waals surface area contributed by atoms with Crippen molar-refractivity contribution in [2.24, 2.45) is 11.7 Å². The Morgan fingerprint density at radius 3 is 2.13 bits per heavy atom. The third kappa shape index (κ3) is 1.93. The van der Waals surface area contributed by atoms with Crippen molar-refractivity contribution in [1.29, 1.82) is 0 Å². The zero-order chi connectivity index (χ0) is 11.4. The number of ketones is 2. The first-order valence-electron chi connectivity index (χ1n) is 4.12. The van der Waals surface area contributed by atoms with Gasteiger partial charge in [0.05, 0.1) is 0 Å². The molecule has 0 saturated carbocycles. The summed E-state index contributed by atoms with van der Waals surface area (Å²) in [5.74, 6) is 6.70. The minimum absolute atomic E-state index is 0.271. The quantitative estimate of drug-likeness (QED) is 0.418. The smallest absolute Gasteiger partial charge is 0.228 e. The summed E-state index contributed by atoms with van der Waals surface area (Å²) in [5, 5.41) is 9.09. The van der Waals surface area contributed by atoms with Gasteiger partial charge in [-0.3, -0.25) is 21.3 Å². The molecule has 0 unspecified atom stereocenters. The lowest BCUT2D eigenvalue weighted by atomic mass is 9.94. The van der Waals surface area contributed by atoms with Crippen molar-refractivity contribution in [2.75, 3.05) is 0 Å². The Hall–Kier alpha value is -1.98. The number of Topliss-reactive ketones (excluding diaryl/α,β-unsaturated/α-hetero) is 1. The van der Waals surface area contributed by atoms with Crippen LogP contribution in [-0.2, 0) is 0 Å². The molecule has 15 heavy (non-hydrogen) atoms. The topological polar surface area (TPSA) is 106 Å². The fourth-order valence-corrected chi connectivity index (χ4v) is 1.30. The summed E-state index contributed by atoms with van der Waals surface area (Å²) < 4.78 is 0. The van der Waals surface area contributed by atoms with Crippen molar-refractivity contribution in [2.45, 2.75) is 0 Å². The first kappa shape index (κ1) is 11.1. The third-order valence-electron chi connectivity index (χ3n) is 1.94. The molecule has 0 saturated heterocycles. The van der Waals surface area contributed by atoms with Crippen LogP contribution in [0, 0.1) is 0 Å². The molecule has 0 spiro atoms. The minimum atomic E-state index is -0.491. The van der Waals surface area contributed by atoms with Crippen LogP contribution in [0.25, 0.3) is 0 Å². The summed E-state index contributed by atoms with van der Waals surface area (Å²) in [6, 6.07) is 6.43. The summed E-state index contributed by atoms with van der Waals surface area (Å²) >= 11 is 0. The number of allylic oxidation sites excluding steroid dienone is 2. The van der Waals surface area contributed by atoms with Crippen molar-refractivity contribution in [3.05, 3.63) is 47.2 Å². The molecule has 1 aliphatic rings. The third-order valence-corrected chi connectivity index (χ3v) is 1.94. The van der Waals surface area contributed by atoms with E-state index in [2.05, 4.69) is 11.7 Å². The van der Waals surface area contributed by atoms with E-state index in [4.69, 9.17) is 5.11 Å². The number of carbonyl (C=O) groups is 2. The highest BCUT2D eigenvalue weighted by atomic mass is 16.3. The van der Waals surface area contributed by atoms with E-state index in [0.29, 0.717) is 5.56 Å². The highest BCUT2D eigenvalue weighted by Crippen LogP contribution is 2.19. The lowest BCUT2D eigenvalue weighted by Crippen LogP contribution is -2.16. The maximum atomic E-state index is 11.3. The summed E-state index contributed by atoms with van der Waals surface area (Å²) in [7, 11) is 0. The average molecular weight is 206 g/mol. The molecule has 1 aromatic carbocycles. The Bertz CT molecular complexity index is 438. The van der Waals surface area contributed by atoms with Crippen LogP contribution in [-0.4, -0.2) is 16.7 Å². The first-order valence-corrected chi connectivity index (χ1v) is 4.12. The number of hydrogen-bond donors (Lipinski definition) is 3. The molecule has 0 radical (unpaired) electrons. The molecule has 0 aromatic heterocycles. The van der Waals surface area contributed by atoms with Crippen molar-refractivity contribution in [3.63, 3.8) is 0 Å². The van der Waals surface area contributed by atoms with Gasteiger partial charge in [-0.1, -0.05) is 24.3 Å². The second-order valence-corrected chi connectivity index (χ2v) is 2.77. The molecular weight excluding hydrogens is 196 g/mol. The number of hydrogen-bond acceptors (Lipinski definition) is 5. The molecule has 0 aliphatic heterocycles. The Balaban J connectivity index is 0.000000531. The lowest BCUT2D eigenvalue weighted by Gasteiger charge is -2.09. The fraction of sp³-hybridized carbons (Fsp3) is 0. The second kappa shape index (κ2) is 4.50. The van der Waals surface area contributed by atoms with E-state index in [1.807, 2.05) is 0 Å². The molecule has 0 bridgehead atoms. The Morgan fingerprint density at radius 1 is 1.00 bits per heavy atom.